The molecule has 1 aliphatic rings. The number of rotatable bonds is 4. The number of halogens is 2. The minimum absolute atomic E-state index is 0.0419. The molecule has 0 radical (unpaired) electrons. The van der Waals surface area contributed by atoms with Gasteiger partial charge >= 0.3 is 11.9 Å². The van der Waals surface area contributed by atoms with Gasteiger partial charge < -0.3 is 9.84 Å². The Bertz CT molecular complexity index is 618. The fourth-order valence-corrected chi connectivity index (χ4v) is 2.29. The summed E-state index contributed by atoms with van der Waals surface area (Å²) in [6.45, 7) is 1.85. The molecule has 2 rings (SSSR count). The van der Waals surface area contributed by atoms with Gasteiger partial charge in [-0.25, -0.2) is 14.6 Å². The van der Waals surface area contributed by atoms with Gasteiger partial charge in [0.15, 0.2) is 6.04 Å². The smallest absolute Gasteiger partial charge is 0.354 e. The molecule has 0 saturated carbocycles. The lowest BCUT2D eigenvalue weighted by Crippen LogP contribution is -2.34. The zero-order valence-electron chi connectivity index (χ0n) is 11.0. The molecule has 1 N–H and O–H groups in total. The number of hydrazone groups is 1. The first-order valence-corrected chi connectivity index (χ1v) is 6.91. The maximum Gasteiger partial charge on any atom is 0.354 e. The first-order valence-electron chi connectivity index (χ1n) is 6.15. The summed E-state index contributed by atoms with van der Waals surface area (Å²) < 4.78 is 4.84. The van der Waals surface area contributed by atoms with Gasteiger partial charge in [0.2, 0.25) is 0 Å². The minimum Gasteiger partial charge on any atom is -0.480 e. The number of esters is 1. The fraction of sp³-hybridized carbons (Fsp3) is 0.308. The lowest BCUT2D eigenvalue weighted by Gasteiger charge is -2.21. The number of ether oxygens (including phenoxy) is 1. The van der Waals surface area contributed by atoms with Crippen molar-refractivity contribution < 1.29 is 19.4 Å². The first kappa shape index (κ1) is 15.6. The van der Waals surface area contributed by atoms with Crippen LogP contribution in [0, 0.1) is 0 Å². The van der Waals surface area contributed by atoms with Gasteiger partial charge in [0.1, 0.15) is 5.71 Å². The molecule has 8 heteroatoms. The van der Waals surface area contributed by atoms with Gasteiger partial charge in [-0.1, -0.05) is 23.2 Å². The zero-order chi connectivity index (χ0) is 15.6. The molecule has 1 unspecified atom stereocenters. The Balaban J connectivity index is 2.40. The lowest BCUT2D eigenvalue weighted by atomic mass is 10.1. The van der Waals surface area contributed by atoms with E-state index in [9.17, 15) is 14.7 Å². The van der Waals surface area contributed by atoms with E-state index in [0.717, 1.165) is 0 Å². The van der Waals surface area contributed by atoms with Crippen LogP contribution in [0.3, 0.4) is 0 Å². The van der Waals surface area contributed by atoms with Crippen molar-refractivity contribution >= 4 is 46.5 Å². The van der Waals surface area contributed by atoms with Gasteiger partial charge in [-0.2, -0.15) is 5.10 Å². The highest BCUT2D eigenvalue weighted by molar-refractivity contribution is 6.38. The first-order chi connectivity index (χ1) is 9.93. The molecular formula is C13H12Cl2N2O4. The summed E-state index contributed by atoms with van der Waals surface area (Å²) in [6.07, 6.45) is -0.0585. The lowest BCUT2D eigenvalue weighted by molar-refractivity contribution is -0.138. The van der Waals surface area contributed by atoms with E-state index in [1.165, 1.54) is 17.1 Å². The zero-order valence-corrected chi connectivity index (χ0v) is 12.6. The Morgan fingerprint density at radius 3 is 2.81 bits per heavy atom. The molecule has 1 aliphatic heterocycles. The van der Waals surface area contributed by atoms with Gasteiger partial charge in [0.05, 0.1) is 17.3 Å². The Kier molecular flexibility index (Phi) is 4.69. The van der Waals surface area contributed by atoms with E-state index in [0.29, 0.717) is 15.7 Å². The Hall–Kier alpha value is -1.79. The van der Waals surface area contributed by atoms with Gasteiger partial charge in [0.25, 0.3) is 0 Å². The predicted molar refractivity (Wildman–Crippen MR) is 79.0 cm³/mol. The number of carbonyl (C=O) groups is 2. The van der Waals surface area contributed by atoms with E-state index in [1.54, 1.807) is 13.0 Å². The van der Waals surface area contributed by atoms with E-state index in [1.807, 2.05) is 0 Å². The van der Waals surface area contributed by atoms with Crippen molar-refractivity contribution in [2.75, 3.05) is 11.6 Å². The van der Waals surface area contributed by atoms with Crippen molar-refractivity contribution in [3.8, 4) is 0 Å². The summed E-state index contributed by atoms with van der Waals surface area (Å²) in [6, 6.07) is 3.59. The quantitative estimate of drug-likeness (QED) is 0.858. The van der Waals surface area contributed by atoms with Crippen LogP contribution in [-0.2, 0) is 14.3 Å². The number of carboxylic acids is 1. The highest BCUT2D eigenvalue weighted by Crippen LogP contribution is 2.33. The standard InChI is InChI=1S/C13H12Cl2N2O4/c1-2-21-13(20)9-6-11(12(18)19)17(16-9)10-5-7(14)3-4-8(10)15/h3-5,11H,2,6H2,1H3,(H,18,19). The van der Waals surface area contributed by atoms with Crippen molar-refractivity contribution in [2.45, 2.75) is 19.4 Å². The van der Waals surface area contributed by atoms with E-state index in [-0.39, 0.29) is 18.7 Å². The van der Waals surface area contributed by atoms with E-state index in [2.05, 4.69) is 5.10 Å². The third kappa shape index (κ3) is 3.28. The molecule has 0 aliphatic carbocycles. The average molecular weight is 331 g/mol. The molecule has 21 heavy (non-hydrogen) atoms. The highest BCUT2D eigenvalue weighted by Gasteiger charge is 2.37. The summed E-state index contributed by atoms with van der Waals surface area (Å²) in [5.41, 5.74) is 0.371. The van der Waals surface area contributed by atoms with E-state index < -0.39 is 18.0 Å². The van der Waals surface area contributed by atoms with Crippen LogP contribution in [0.1, 0.15) is 13.3 Å². The molecular weight excluding hydrogens is 319 g/mol. The Labute approximate surface area is 130 Å². The predicted octanol–water partition coefficient (Wildman–Crippen LogP) is 2.58. The summed E-state index contributed by atoms with van der Waals surface area (Å²) in [5, 5.41) is 15.2. The molecule has 0 spiro atoms. The van der Waals surface area contributed by atoms with Crippen LogP contribution in [0.25, 0.3) is 0 Å². The highest BCUT2D eigenvalue weighted by atomic mass is 35.5. The largest absolute Gasteiger partial charge is 0.480 e. The molecule has 0 aromatic heterocycles. The molecule has 112 valence electrons. The molecule has 0 fully saturated rings. The molecule has 0 amide bonds. The second kappa shape index (κ2) is 6.32. The molecule has 1 atom stereocenters. The monoisotopic (exact) mass is 330 g/mol. The van der Waals surface area contributed by atoms with Crippen molar-refractivity contribution in [3.05, 3.63) is 28.2 Å². The second-order valence-electron chi connectivity index (χ2n) is 4.27. The molecule has 6 nitrogen and oxygen atoms in total. The van der Waals surface area contributed by atoms with E-state index >= 15 is 0 Å². The van der Waals surface area contributed by atoms with Crippen LogP contribution in [0.5, 0.6) is 0 Å². The van der Waals surface area contributed by atoms with Crippen LogP contribution in [0.15, 0.2) is 23.3 Å². The number of aliphatic carboxylic acids is 1. The third-order valence-electron chi connectivity index (χ3n) is 2.86. The van der Waals surface area contributed by atoms with Gasteiger partial charge in [-0.05, 0) is 25.1 Å². The number of benzene rings is 1. The maximum atomic E-state index is 11.7. The van der Waals surface area contributed by atoms with Crippen molar-refractivity contribution in [1.29, 1.82) is 0 Å². The number of anilines is 1. The van der Waals surface area contributed by atoms with Crippen molar-refractivity contribution in [3.63, 3.8) is 0 Å². The molecule has 0 bridgehead atoms. The number of nitrogens with zero attached hydrogens (tertiary/aromatic N) is 2. The summed E-state index contributed by atoms with van der Waals surface area (Å²) in [4.78, 5) is 23.1. The normalized spacial score (nSPS) is 17.6. The summed E-state index contributed by atoms with van der Waals surface area (Å²) >= 11 is 12.0. The van der Waals surface area contributed by atoms with Gasteiger partial charge in [-0.3, -0.25) is 0 Å². The Morgan fingerprint density at radius 2 is 2.19 bits per heavy atom. The molecule has 1 aromatic carbocycles. The van der Waals surface area contributed by atoms with Crippen molar-refractivity contribution in [2.24, 2.45) is 5.10 Å². The Morgan fingerprint density at radius 1 is 1.48 bits per heavy atom. The van der Waals surface area contributed by atoms with Gasteiger partial charge in [0, 0.05) is 11.4 Å². The topological polar surface area (TPSA) is 79.2 Å². The molecule has 0 saturated heterocycles. The van der Waals surface area contributed by atoms with Crippen molar-refractivity contribution in [1.82, 2.24) is 0 Å². The number of carboxylic acid groups (broad SMARTS) is 1. The van der Waals surface area contributed by atoms with Crippen LogP contribution in [-0.4, -0.2) is 35.4 Å². The van der Waals surface area contributed by atoms with Crippen LogP contribution in [0.4, 0.5) is 5.69 Å². The minimum atomic E-state index is -1.12. The maximum absolute atomic E-state index is 11.7. The molecule has 1 heterocycles. The third-order valence-corrected chi connectivity index (χ3v) is 3.42. The number of carbonyl (C=O) groups excluding carboxylic acids is 1. The average Bonchev–Trinajstić information content (AvgIpc) is 2.87. The second-order valence-corrected chi connectivity index (χ2v) is 5.11. The molecule has 1 aromatic rings. The number of hydrogen-bond donors (Lipinski definition) is 1. The fourth-order valence-electron chi connectivity index (χ4n) is 1.92. The van der Waals surface area contributed by atoms with Crippen LogP contribution in [0.2, 0.25) is 10.0 Å². The number of hydrogen-bond acceptors (Lipinski definition) is 5. The van der Waals surface area contributed by atoms with E-state index in [4.69, 9.17) is 27.9 Å². The van der Waals surface area contributed by atoms with Crippen LogP contribution < -0.4 is 5.01 Å². The summed E-state index contributed by atoms with van der Waals surface area (Å²) in [7, 11) is 0. The summed E-state index contributed by atoms with van der Waals surface area (Å²) in [5.74, 6) is -1.75. The van der Waals surface area contributed by atoms with Crippen LogP contribution >= 0.6 is 23.2 Å². The van der Waals surface area contributed by atoms with Gasteiger partial charge in [-0.15, -0.1) is 0 Å². The SMILES string of the molecule is CCOC(=O)C1=NN(c2cc(Cl)ccc2Cl)C(C(=O)O)C1.